The number of nitrogens with zero attached hydrogens (tertiary/aromatic N) is 1. The fourth-order valence-electron chi connectivity index (χ4n) is 1.83. The number of unbranched alkanes of at least 4 members (excludes halogenated alkanes) is 1. The van der Waals surface area contributed by atoms with Crippen LogP contribution in [-0.2, 0) is 4.74 Å². The van der Waals surface area contributed by atoms with Gasteiger partial charge in [0.2, 0.25) is 11.7 Å². The summed E-state index contributed by atoms with van der Waals surface area (Å²) in [4.78, 5) is 15.8. The van der Waals surface area contributed by atoms with E-state index >= 15 is 0 Å². The fourth-order valence-corrected chi connectivity index (χ4v) is 1.83. The molecule has 2 aromatic rings. The number of rotatable bonds is 6. The van der Waals surface area contributed by atoms with Gasteiger partial charge in [-0.05, 0) is 37.6 Å². The molecule has 5 heteroatoms. The lowest BCUT2D eigenvalue weighted by Gasteiger charge is -2.05. The molecular weight excluding hydrogens is 330 g/mol. The first-order valence-corrected chi connectivity index (χ1v) is 9.36. The molecule has 5 nitrogen and oxygen atoms in total. The minimum absolute atomic E-state index is 0.135. The van der Waals surface area contributed by atoms with Gasteiger partial charge in [-0.2, -0.15) is 0 Å². The predicted octanol–water partition coefficient (Wildman–Crippen LogP) is 6.06. The molecule has 0 saturated heterocycles. The third-order valence-electron chi connectivity index (χ3n) is 3.04. The van der Waals surface area contributed by atoms with Crippen LogP contribution in [-0.4, -0.2) is 24.7 Å². The molecule has 26 heavy (non-hydrogen) atoms. The highest BCUT2D eigenvalue weighted by molar-refractivity contribution is 5.87. The van der Waals surface area contributed by atoms with Gasteiger partial charge in [-0.3, -0.25) is 0 Å². The van der Waals surface area contributed by atoms with Crippen LogP contribution in [0, 0.1) is 6.92 Å². The Hall–Kier alpha value is -2.30. The van der Waals surface area contributed by atoms with E-state index < -0.39 is 5.97 Å². The summed E-state index contributed by atoms with van der Waals surface area (Å²) in [7, 11) is 1.31. The second-order valence-electron chi connectivity index (χ2n) is 5.36. The van der Waals surface area contributed by atoms with Gasteiger partial charge in [0.25, 0.3) is 0 Å². The number of carbonyl (C=O) groups is 1. The van der Waals surface area contributed by atoms with Gasteiger partial charge in [0.15, 0.2) is 0 Å². The molecule has 0 aliphatic heterocycles. The van der Waals surface area contributed by atoms with E-state index in [-0.39, 0.29) is 5.76 Å². The average molecular weight is 363 g/mol. The van der Waals surface area contributed by atoms with Crippen molar-refractivity contribution in [2.75, 3.05) is 13.7 Å². The smallest absolute Gasteiger partial charge is 0.375 e. The summed E-state index contributed by atoms with van der Waals surface area (Å²) < 4.78 is 15.7. The van der Waals surface area contributed by atoms with Crippen molar-refractivity contribution >= 4 is 5.97 Å². The number of aryl methyl sites for hydroxylation is 1. The molecule has 0 spiro atoms. The summed E-state index contributed by atoms with van der Waals surface area (Å²) in [5.74, 6) is 0.818. The minimum atomic E-state index is -0.522. The topological polar surface area (TPSA) is 61.6 Å². The second kappa shape index (κ2) is 13.9. The Morgan fingerprint density at radius 3 is 2.19 bits per heavy atom. The largest absolute Gasteiger partial charge is 0.494 e. The van der Waals surface area contributed by atoms with E-state index in [1.165, 1.54) is 13.5 Å². The van der Waals surface area contributed by atoms with Crippen molar-refractivity contribution in [1.82, 2.24) is 4.98 Å². The molecule has 0 bridgehead atoms. The Labute approximate surface area is 157 Å². The number of aromatic nitrogens is 1. The van der Waals surface area contributed by atoms with E-state index in [1.54, 1.807) is 6.92 Å². The molecule has 0 aliphatic carbocycles. The average Bonchev–Trinajstić information content (AvgIpc) is 3.06. The van der Waals surface area contributed by atoms with Gasteiger partial charge >= 0.3 is 5.97 Å². The van der Waals surface area contributed by atoms with Crippen LogP contribution < -0.4 is 4.74 Å². The van der Waals surface area contributed by atoms with E-state index in [2.05, 4.69) is 30.5 Å². The SMILES string of the molecule is CC.CCC.CCCCOc1ccc(-c2nc(C)c(C(=O)OC)o2)cc1. The molecule has 0 N–H and O–H groups in total. The lowest BCUT2D eigenvalue weighted by Crippen LogP contribution is -2.00. The lowest BCUT2D eigenvalue weighted by atomic mass is 10.2. The molecule has 0 fully saturated rings. The number of carbonyl (C=O) groups excluding carboxylic acids is 1. The van der Waals surface area contributed by atoms with Crippen molar-refractivity contribution in [3.63, 3.8) is 0 Å². The van der Waals surface area contributed by atoms with Crippen molar-refractivity contribution in [3.05, 3.63) is 35.7 Å². The quantitative estimate of drug-likeness (QED) is 0.461. The third kappa shape index (κ3) is 7.72. The first-order chi connectivity index (χ1) is 12.6. The summed E-state index contributed by atoms with van der Waals surface area (Å²) in [6, 6.07) is 7.44. The third-order valence-corrected chi connectivity index (χ3v) is 3.04. The van der Waals surface area contributed by atoms with Crippen LogP contribution in [0.3, 0.4) is 0 Å². The van der Waals surface area contributed by atoms with Crippen LogP contribution in [0.4, 0.5) is 0 Å². The molecule has 1 aromatic heterocycles. The molecule has 0 unspecified atom stereocenters. The van der Waals surface area contributed by atoms with Crippen LogP contribution in [0.15, 0.2) is 28.7 Å². The van der Waals surface area contributed by atoms with Crippen molar-refractivity contribution < 1.29 is 18.7 Å². The van der Waals surface area contributed by atoms with Gasteiger partial charge < -0.3 is 13.9 Å². The zero-order valence-electron chi connectivity index (χ0n) is 17.2. The van der Waals surface area contributed by atoms with Crippen molar-refractivity contribution in [2.45, 2.75) is 60.8 Å². The van der Waals surface area contributed by atoms with Crippen LogP contribution in [0.5, 0.6) is 5.75 Å². The Balaban J connectivity index is 0.00000113. The van der Waals surface area contributed by atoms with Gasteiger partial charge in [0.05, 0.1) is 19.4 Å². The van der Waals surface area contributed by atoms with E-state index in [4.69, 9.17) is 9.15 Å². The number of benzene rings is 1. The standard InChI is InChI=1S/C16H19NO4.C3H8.C2H6/c1-4-5-10-20-13-8-6-12(7-9-13)15-17-11(2)14(21-15)16(18)19-3;1-3-2;1-2/h6-9H,4-5,10H2,1-3H3;3H2,1-2H3;1-2H3. The maximum atomic E-state index is 11.5. The number of oxazole rings is 1. The first-order valence-electron chi connectivity index (χ1n) is 9.36. The predicted molar refractivity (Wildman–Crippen MR) is 106 cm³/mol. The summed E-state index contributed by atoms with van der Waals surface area (Å²) in [5, 5.41) is 0. The Kier molecular flexibility index (Phi) is 12.7. The maximum Gasteiger partial charge on any atom is 0.375 e. The number of methoxy groups -OCH3 is 1. The summed E-state index contributed by atoms with van der Waals surface area (Å²) in [6.45, 7) is 12.8. The van der Waals surface area contributed by atoms with Gasteiger partial charge in [-0.25, -0.2) is 9.78 Å². The molecule has 146 valence electrons. The molecule has 1 heterocycles. The molecule has 2 rings (SSSR count). The maximum absolute atomic E-state index is 11.5. The Morgan fingerprint density at radius 1 is 1.12 bits per heavy atom. The lowest BCUT2D eigenvalue weighted by molar-refractivity contribution is 0.0565. The number of hydrogen-bond acceptors (Lipinski definition) is 5. The Bertz CT molecular complexity index is 617. The molecule has 0 amide bonds. The number of hydrogen-bond donors (Lipinski definition) is 0. The van der Waals surface area contributed by atoms with Gasteiger partial charge in [0, 0.05) is 5.56 Å². The van der Waals surface area contributed by atoms with Gasteiger partial charge in [-0.15, -0.1) is 0 Å². The highest BCUT2D eigenvalue weighted by Crippen LogP contribution is 2.24. The van der Waals surface area contributed by atoms with Gasteiger partial charge in [0.1, 0.15) is 5.75 Å². The van der Waals surface area contributed by atoms with E-state index in [0.29, 0.717) is 18.2 Å². The molecule has 1 aromatic carbocycles. The van der Waals surface area contributed by atoms with Crippen LogP contribution >= 0.6 is 0 Å². The van der Waals surface area contributed by atoms with Crippen molar-refractivity contribution in [3.8, 4) is 17.2 Å². The molecule has 0 aliphatic rings. The summed E-state index contributed by atoms with van der Waals surface area (Å²) in [6.07, 6.45) is 3.38. The molecular formula is C21H33NO4. The molecule has 0 atom stereocenters. The van der Waals surface area contributed by atoms with E-state index in [9.17, 15) is 4.79 Å². The zero-order chi connectivity index (χ0) is 19.9. The van der Waals surface area contributed by atoms with Crippen molar-refractivity contribution in [1.29, 1.82) is 0 Å². The normalized spacial score (nSPS) is 9.35. The Morgan fingerprint density at radius 2 is 1.69 bits per heavy atom. The summed E-state index contributed by atoms with van der Waals surface area (Å²) in [5.41, 5.74) is 1.30. The zero-order valence-corrected chi connectivity index (χ0v) is 17.2. The molecule has 0 radical (unpaired) electrons. The number of ether oxygens (including phenoxy) is 2. The van der Waals surface area contributed by atoms with Crippen LogP contribution in [0.25, 0.3) is 11.5 Å². The highest BCUT2D eigenvalue weighted by Gasteiger charge is 2.18. The van der Waals surface area contributed by atoms with Crippen LogP contribution in [0.1, 0.15) is 70.1 Å². The van der Waals surface area contributed by atoms with E-state index in [0.717, 1.165) is 24.2 Å². The minimum Gasteiger partial charge on any atom is -0.494 e. The number of esters is 1. The van der Waals surface area contributed by atoms with Gasteiger partial charge in [-0.1, -0.05) is 47.5 Å². The first kappa shape index (κ1) is 23.7. The van der Waals surface area contributed by atoms with E-state index in [1.807, 2.05) is 38.1 Å². The highest BCUT2D eigenvalue weighted by atomic mass is 16.5. The second-order valence-corrected chi connectivity index (χ2v) is 5.36. The monoisotopic (exact) mass is 363 g/mol. The molecule has 0 saturated carbocycles. The summed E-state index contributed by atoms with van der Waals surface area (Å²) >= 11 is 0. The van der Waals surface area contributed by atoms with Crippen LogP contribution in [0.2, 0.25) is 0 Å². The van der Waals surface area contributed by atoms with Crippen molar-refractivity contribution in [2.24, 2.45) is 0 Å². The fraction of sp³-hybridized carbons (Fsp3) is 0.524.